The molecule has 4 aliphatic rings. The fraction of sp³-hybridized carbons (Fsp3) is 0.386. The predicted molar refractivity (Wildman–Crippen MR) is 212 cm³/mol. The molecule has 9 rings (SSSR count). The summed E-state index contributed by atoms with van der Waals surface area (Å²) in [5, 5.41) is 4.46. The summed E-state index contributed by atoms with van der Waals surface area (Å²) in [6.07, 6.45) is 12.1. The van der Waals surface area contributed by atoms with Gasteiger partial charge in [0.15, 0.2) is 0 Å². The molecular weight excluding hydrogens is 741 g/mol. The van der Waals surface area contributed by atoms with E-state index in [0.717, 1.165) is 82.8 Å². The first kappa shape index (κ1) is 37.4. The summed E-state index contributed by atoms with van der Waals surface area (Å²) in [5.74, 6) is -0.948. The van der Waals surface area contributed by atoms with Crippen LogP contribution in [0.1, 0.15) is 84.9 Å². The van der Waals surface area contributed by atoms with Gasteiger partial charge in [-0.3, -0.25) is 39.2 Å². The van der Waals surface area contributed by atoms with Crippen LogP contribution in [0.2, 0.25) is 0 Å². The summed E-state index contributed by atoms with van der Waals surface area (Å²) in [5.41, 5.74) is 4.63. The molecule has 1 saturated carbocycles. The standard InChI is InChI=1S/C44H44N6O8/c51-39-11-10-38(42(53)48-39)50-43(54)33-9-7-29(23-34(33)44(50)55)56-19-3-1-2-4-41(52)49-17-14-28(15-18-49)57-30-21-31(22-30)58-40-12-6-27(24-46-40)26-5-8-32-35-25-45-16-13-36(35)47-37(32)20-26/h5-9,12-13,16,20,23-25,28,30-31,38,47H,1-4,10-11,14-15,17-19,21-22H2,(H,48,51,53)/t30-,31-,38?. The number of rotatable bonds is 13. The highest BCUT2D eigenvalue weighted by Gasteiger charge is 2.44. The summed E-state index contributed by atoms with van der Waals surface area (Å²) in [7, 11) is 0. The number of ether oxygens (including phenoxy) is 3. The molecule has 3 fully saturated rings. The number of hydrogen-bond donors (Lipinski definition) is 2. The number of unbranched alkanes of at least 4 members (excludes halogenated alkanes) is 2. The third-order valence-corrected chi connectivity index (χ3v) is 11.7. The fourth-order valence-corrected chi connectivity index (χ4v) is 8.40. The Bertz CT molecular complexity index is 2400. The Balaban J connectivity index is 0.643. The molecule has 5 aromatic rings. The van der Waals surface area contributed by atoms with Crippen LogP contribution < -0.4 is 14.8 Å². The van der Waals surface area contributed by atoms with Crippen LogP contribution in [0.15, 0.2) is 73.2 Å². The number of aromatic amines is 1. The van der Waals surface area contributed by atoms with Gasteiger partial charge in [-0.25, -0.2) is 4.98 Å². The largest absolute Gasteiger partial charge is 0.494 e. The summed E-state index contributed by atoms with van der Waals surface area (Å²) in [4.78, 5) is 77.9. The number of likely N-dealkylation sites (tertiary alicyclic amines) is 1. The predicted octanol–water partition coefficient (Wildman–Crippen LogP) is 5.74. The van der Waals surface area contributed by atoms with Crippen LogP contribution in [0.25, 0.3) is 32.9 Å². The number of fused-ring (bicyclic) bond motifs is 4. The molecule has 6 heterocycles. The Morgan fingerprint density at radius 1 is 0.776 bits per heavy atom. The molecule has 5 amide bonds. The Morgan fingerprint density at radius 3 is 2.41 bits per heavy atom. The first-order valence-corrected chi connectivity index (χ1v) is 20.2. The van der Waals surface area contributed by atoms with Gasteiger partial charge in [0.05, 0.1) is 29.9 Å². The second-order valence-corrected chi connectivity index (χ2v) is 15.6. The number of hydrogen-bond acceptors (Lipinski definition) is 10. The fourth-order valence-electron chi connectivity index (χ4n) is 8.40. The molecule has 58 heavy (non-hydrogen) atoms. The normalized spacial score (nSPS) is 21.0. The number of benzene rings is 2. The van der Waals surface area contributed by atoms with Crippen LogP contribution in [-0.4, -0.2) is 98.3 Å². The van der Waals surface area contributed by atoms with Crippen molar-refractivity contribution in [3.63, 3.8) is 0 Å². The first-order chi connectivity index (χ1) is 28.3. The average Bonchev–Trinajstić information content (AvgIpc) is 3.71. The lowest BCUT2D eigenvalue weighted by molar-refractivity contribution is -0.139. The summed E-state index contributed by atoms with van der Waals surface area (Å²) < 4.78 is 18.4. The minimum atomic E-state index is -1.01. The number of H-pyrrole nitrogens is 1. The number of pyridine rings is 2. The second kappa shape index (κ2) is 16.0. The van der Waals surface area contributed by atoms with Gasteiger partial charge in [0.1, 0.15) is 17.9 Å². The highest BCUT2D eigenvalue weighted by atomic mass is 16.5. The van der Waals surface area contributed by atoms with Gasteiger partial charge >= 0.3 is 0 Å². The van der Waals surface area contributed by atoms with Crippen LogP contribution >= 0.6 is 0 Å². The monoisotopic (exact) mass is 784 g/mol. The van der Waals surface area contributed by atoms with Crippen molar-refractivity contribution in [2.45, 2.75) is 88.6 Å². The number of carbonyl (C=O) groups is 5. The molecule has 1 atom stereocenters. The Morgan fingerprint density at radius 2 is 1.60 bits per heavy atom. The van der Waals surface area contributed by atoms with Gasteiger partial charge in [0.25, 0.3) is 11.8 Å². The van der Waals surface area contributed by atoms with E-state index in [4.69, 9.17) is 14.2 Å². The van der Waals surface area contributed by atoms with Crippen molar-refractivity contribution in [2.75, 3.05) is 19.7 Å². The molecule has 0 radical (unpaired) electrons. The van der Waals surface area contributed by atoms with Crippen molar-refractivity contribution in [3.8, 4) is 22.8 Å². The quantitative estimate of drug-likeness (QED) is 0.111. The van der Waals surface area contributed by atoms with Crippen LogP contribution in [0.3, 0.4) is 0 Å². The Hall–Kier alpha value is -6.15. The zero-order chi connectivity index (χ0) is 39.8. The topological polar surface area (TPSA) is 173 Å². The maximum Gasteiger partial charge on any atom is 0.262 e. The molecule has 14 heteroatoms. The van der Waals surface area contributed by atoms with E-state index in [9.17, 15) is 24.0 Å². The van der Waals surface area contributed by atoms with Gasteiger partial charge < -0.3 is 24.1 Å². The van der Waals surface area contributed by atoms with Crippen molar-refractivity contribution in [1.82, 2.24) is 30.1 Å². The average molecular weight is 785 g/mol. The van der Waals surface area contributed by atoms with Crippen molar-refractivity contribution in [2.24, 2.45) is 0 Å². The summed E-state index contributed by atoms with van der Waals surface area (Å²) in [6, 6.07) is 16.0. The van der Waals surface area contributed by atoms with Gasteiger partial charge in [-0.1, -0.05) is 12.1 Å². The van der Waals surface area contributed by atoms with E-state index in [1.54, 1.807) is 12.3 Å². The zero-order valence-electron chi connectivity index (χ0n) is 32.0. The van der Waals surface area contributed by atoms with Crippen LogP contribution in [-0.2, 0) is 19.1 Å². The molecule has 2 aromatic carbocycles. The number of carbonyl (C=O) groups excluding carboxylic acids is 5. The minimum Gasteiger partial charge on any atom is -0.494 e. The minimum absolute atomic E-state index is 0.0670. The number of piperidine rings is 2. The van der Waals surface area contributed by atoms with Crippen molar-refractivity contribution in [3.05, 3.63) is 84.3 Å². The van der Waals surface area contributed by atoms with Crippen molar-refractivity contribution >= 4 is 51.3 Å². The number of amides is 5. The molecule has 3 aliphatic heterocycles. The lowest BCUT2D eigenvalue weighted by atomic mass is 9.91. The molecule has 1 aliphatic carbocycles. The van der Waals surface area contributed by atoms with Gasteiger partial charge in [0.2, 0.25) is 23.6 Å². The molecule has 1 unspecified atom stereocenters. The van der Waals surface area contributed by atoms with Gasteiger partial charge in [-0.15, -0.1) is 0 Å². The van der Waals surface area contributed by atoms with E-state index < -0.39 is 29.7 Å². The lowest BCUT2D eigenvalue weighted by Crippen LogP contribution is -2.54. The Labute approximate surface area is 334 Å². The molecule has 14 nitrogen and oxygen atoms in total. The van der Waals surface area contributed by atoms with Crippen LogP contribution in [0, 0.1) is 0 Å². The molecule has 0 bridgehead atoms. The van der Waals surface area contributed by atoms with E-state index in [1.807, 2.05) is 35.5 Å². The van der Waals surface area contributed by atoms with E-state index in [1.165, 1.54) is 12.1 Å². The van der Waals surface area contributed by atoms with E-state index in [-0.39, 0.29) is 48.2 Å². The highest BCUT2D eigenvalue weighted by Crippen LogP contribution is 2.34. The van der Waals surface area contributed by atoms with Crippen LogP contribution in [0.4, 0.5) is 0 Å². The number of nitrogens with zero attached hydrogens (tertiary/aromatic N) is 4. The number of aromatic nitrogens is 3. The first-order valence-electron chi connectivity index (χ1n) is 20.2. The van der Waals surface area contributed by atoms with Gasteiger partial charge in [-0.05, 0) is 80.5 Å². The van der Waals surface area contributed by atoms with E-state index >= 15 is 0 Å². The third-order valence-electron chi connectivity index (χ3n) is 11.7. The molecule has 2 saturated heterocycles. The third kappa shape index (κ3) is 7.63. The Kier molecular flexibility index (Phi) is 10.3. The van der Waals surface area contributed by atoms with Gasteiger partial charge in [0, 0.05) is 90.8 Å². The molecule has 2 N–H and O–H groups in total. The van der Waals surface area contributed by atoms with E-state index in [0.29, 0.717) is 37.7 Å². The number of imide groups is 2. The van der Waals surface area contributed by atoms with Crippen molar-refractivity contribution < 1.29 is 38.2 Å². The smallest absolute Gasteiger partial charge is 0.262 e. The molecule has 3 aromatic heterocycles. The SMILES string of the molecule is O=C1CCC(N2C(=O)c3ccc(OCCCCCC(=O)N4CCC(O[C@H]5C[C@H](Oc6ccc(-c7ccc8c(c7)[nH]c7ccncc78)cn6)C5)CC4)cc3C2=O)C(=O)N1. The maximum atomic E-state index is 13.1. The maximum absolute atomic E-state index is 13.1. The lowest BCUT2D eigenvalue weighted by Gasteiger charge is -2.39. The molecule has 0 spiro atoms. The number of nitrogens with one attached hydrogen (secondary N) is 2. The van der Waals surface area contributed by atoms with E-state index in [2.05, 4.69) is 38.5 Å². The highest BCUT2D eigenvalue weighted by molar-refractivity contribution is 6.23. The molecule has 298 valence electrons. The zero-order valence-corrected chi connectivity index (χ0v) is 32.0. The van der Waals surface area contributed by atoms with Gasteiger partial charge in [-0.2, -0.15) is 0 Å². The second-order valence-electron chi connectivity index (χ2n) is 15.6. The molecular formula is C44H44N6O8. The van der Waals surface area contributed by atoms with Crippen molar-refractivity contribution in [1.29, 1.82) is 0 Å². The van der Waals surface area contributed by atoms with Crippen LogP contribution in [0.5, 0.6) is 11.6 Å². The summed E-state index contributed by atoms with van der Waals surface area (Å²) in [6.45, 7) is 1.79. The summed E-state index contributed by atoms with van der Waals surface area (Å²) >= 11 is 0.